The molecule has 6 nitrogen and oxygen atoms in total. The first kappa shape index (κ1) is 20.1. The first-order valence-corrected chi connectivity index (χ1v) is 9.05. The summed E-state index contributed by atoms with van der Waals surface area (Å²) in [5.41, 5.74) is 0.980. The molecule has 144 valence electrons. The Morgan fingerprint density at radius 3 is 2.54 bits per heavy atom. The molecule has 1 N–H and O–H groups in total. The van der Waals surface area contributed by atoms with Gasteiger partial charge >= 0.3 is 0 Å². The molecule has 1 atom stereocenters. The molecule has 1 aliphatic heterocycles. The lowest BCUT2D eigenvalue weighted by Gasteiger charge is -2.19. The van der Waals surface area contributed by atoms with E-state index in [0.29, 0.717) is 24.6 Å². The lowest BCUT2D eigenvalue weighted by molar-refractivity contribution is -0.126. The molecule has 1 aromatic carbocycles. The fourth-order valence-electron chi connectivity index (χ4n) is 3.10. The van der Waals surface area contributed by atoms with Crippen molar-refractivity contribution in [3.8, 4) is 11.5 Å². The quantitative estimate of drug-likeness (QED) is 0.757. The molecule has 6 heteroatoms. The average Bonchev–Trinajstić information content (AvgIpc) is 2.99. The van der Waals surface area contributed by atoms with E-state index in [2.05, 4.69) is 26.1 Å². The fourth-order valence-corrected chi connectivity index (χ4v) is 3.10. The molecule has 1 unspecified atom stereocenters. The molecule has 0 radical (unpaired) electrons. The summed E-state index contributed by atoms with van der Waals surface area (Å²) >= 11 is 0. The Hall–Kier alpha value is -2.24. The average molecular weight is 362 g/mol. The maximum absolute atomic E-state index is 12.4. The monoisotopic (exact) mass is 362 g/mol. The summed E-state index contributed by atoms with van der Waals surface area (Å²) in [4.78, 5) is 26.4. The van der Waals surface area contributed by atoms with Crippen LogP contribution in [0.4, 0.5) is 5.69 Å². The summed E-state index contributed by atoms with van der Waals surface area (Å²) in [5.74, 6) is 0.761. The van der Waals surface area contributed by atoms with E-state index in [0.717, 1.165) is 18.5 Å². The first-order valence-electron chi connectivity index (χ1n) is 9.05. The SMILES string of the molecule is COc1ccc(N2CC(C(=O)NCCCC(C)(C)C)CC2=O)cc1OC. The number of nitrogens with one attached hydrogen (secondary N) is 1. The zero-order valence-corrected chi connectivity index (χ0v) is 16.4. The fraction of sp³-hybridized carbons (Fsp3) is 0.600. The van der Waals surface area contributed by atoms with Crippen LogP contribution in [0.3, 0.4) is 0 Å². The van der Waals surface area contributed by atoms with Crippen molar-refractivity contribution in [2.45, 2.75) is 40.0 Å². The van der Waals surface area contributed by atoms with Gasteiger partial charge in [-0.1, -0.05) is 20.8 Å². The van der Waals surface area contributed by atoms with Crippen molar-refractivity contribution in [1.82, 2.24) is 5.32 Å². The van der Waals surface area contributed by atoms with Crippen molar-refractivity contribution in [3.05, 3.63) is 18.2 Å². The Labute approximate surface area is 155 Å². The van der Waals surface area contributed by atoms with E-state index in [9.17, 15) is 9.59 Å². The van der Waals surface area contributed by atoms with Crippen molar-refractivity contribution in [2.75, 3.05) is 32.2 Å². The van der Waals surface area contributed by atoms with E-state index in [1.807, 2.05) is 6.07 Å². The standard InChI is InChI=1S/C20H30N2O4/c1-20(2,3)9-6-10-21-19(24)14-11-18(23)22(13-14)15-7-8-16(25-4)17(12-15)26-5/h7-8,12,14H,6,9-11,13H2,1-5H3,(H,21,24). The second-order valence-electron chi connectivity index (χ2n) is 7.90. The molecule has 1 aromatic rings. The summed E-state index contributed by atoms with van der Waals surface area (Å²) in [7, 11) is 3.12. The zero-order valence-electron chi connectivity index (χ0n) is 16.4. The number of methoxy groups -OCH3 is 2. The predicted molar refractivity (Wildman–Crippen MR) is 102 cm³/mol. The minimum atomic E-state index is -0.315. The second-order valence-corrected chi connectivity index (χ2v) is 7.90. The summed E-state index contributed by atoms with van der Waals surface area (Å²) in [6.45, 7) is 7.60. The molecule has 0 saturated carbocycles. The van der Waals surface area contributed by atoms with Crippen molar-refractivity contribution in [1.29, 1.82) is 0 Å². The molecule has 0 aliphatic carbocycles. The van der Waals surface area contributed by atoms with Crippen LogP contribution in [0.1, 0.15) is 40.0 Å². The van der Waals surface area contributed by atoms with Crippen LogP contribution in [0.25, 0.3) is 0 Å². The van der Waals surface area contributed by atoms with Gasteiger partial charge in [0.05, 0.1) is 20.1 Å². The van der Waals surface area contributed by atoms with Gasteiger partial charge in [-0.2, -0.15) is 0 Å². The molecule has 1 saturated heterocycles. The van der Waals surface area contributed by atoms with Gasteiger partial charge < -0.3 is 19.7 Å². The predicted octanol–water partition coefficient (Wildman–Crippen LogP) is 3.00. The molecule has 0 bridgehead atoms. The Morgan fingerprint density at radius 1 is 1.23 bits per heavy atom. The molecular weight excluding hydrogens is 332 g/mol. The zero-order chi connectivity index (χ0) is 19.3. The highest BCUT2D eigenvalue weighted by Gasteiger charge is 2.35. The van der Waals surface area contributed by atoms with Gasteiger partial charge in [-0.3, -0.25) is 9.59 Å². The number of nitrogens with zero attached hydrogens (tertiary/aromatic N) is 1. The number of anilines is 1. The van der Waals surface area contributed by atoms with Crippen molar-refractivity contribution in [3.63, 3.8) is 0 Å². The number of hydrogen-bond acceptors (Lipinski definition) is 4. The minimum Gasteiger partial charge on any atom is -0.493 e. The van der Waals surface area contributed by atoms with Gasteiger partial charge in [-0.05, 0) is 30.4 Å². The third-order valence-corrected chi connectivity index (χ3v) is 4.58. The number of carbonyl (C=O) groups excluding carboxylic acids is 2. The molecule has 1 aliphatic rings. The van der Waals surface area contributed by atoms with Gasteiger partial charge in [0.25, 0.3) is 0 Å². The van der Waals surface area contributed by atoms with Gasteiger partial charge in [-0.15, -0.1) is 0 Å². The maximum Gasteiger partial charge on any atom is 0.227 e. The largest absolute Gasteiger partial charge is 0.493 e. The molecule has 1 heterocycles. The van der Waals surface area contributed by atoms with Crippen LogP contribution in [-0.4, -0.2) is 39.1 Å². The lowest BCUT2D eigenvalue weighted by atomic mass is 9.90. The third-order valence-electron chi connectivity index (χ3n) is 4.58. The highest BCUT2D eigenvalue weighted by Crippen LogP contribution is 2.34. The smallest absolute Gasteiger partial charge is 0.227 e. The van der Waals surface area contributed by atoms with Crippen LogP contribution in [0.15, 0.2) is 18.2 Å². The molecule has 0 aromatic heterocycles. The van der Waals surface area contributed by atoms with E-state index in [4.69, 9.17) is 9.47 Å². The second kappa shape index (κ2) is 8.43. The van der Waals surface area contributed by atoms with Crippen LogP contribution >= 0.6 is 0 Å². The normalized spacial score (nSPS) is 17.3. The molecule has 26 heavy (non-hydrogen) atoms. The number of ether oxygens (including phenoxy) is 2. The van der Waals surface area contributed by atoms with E-state index in [-0.39, 0.29) is 29.6 Å². The van der Waals surface area contributed by atoms with Crippen LogP contribution in [0, 0.1) is 11.3 Å². The topological polar surface area (TPSA) is 67.9 Å². The Kier molecular flexibility index (Phi) is 6.51. The summed E-state index contributed by atoms with van der Waals surface area (Å²) in [6, 6.07) is 5.34. The first-order chi connectivity index (χ1) is 12.2. The summed E-state index contributed by atoms with van der Waals surface area (Å²) < 4.78 is 10.5. The summed E-state index contributed by atoms with van der Waals surface area (Å²) in [5, 5.41) is 2.97. The van der Waals surface area contributed by atoms with E-state index < -0.39 is 0 Å². The Balaban J connectivity index is 1.94. The summed E-state index contributed by atoms with van der Waals surface area (Å²) in [6.07, 6.45) is 2.23. The van der Waals surface area contributed by atoms with Crippen molar-refractivity contribution in [2.24, 2.45) is 11.3 Å². The van der Waals surface area contributed by atoms with Crippen LogP contribution in [0.5, 0.6) is 11.5 Å². The van der Waals surface area contributed by atoms with E-state index in [1.165, 1.54) is 0 Å². The number of hydrogen-bond donors (Lipinski definition) is 1. The van der Waals surface area contributed by atoms with E-state index in [1.54, 1.807) is 31.3 Å². The number of carbonyl (C=O) groups is 2. The number of amides is 2. The lowest BCUT2D eigenvalue weighted by Crippen LogP contribution is -2.33. The minimum absolute atomic E-state index is 0.0461. The van der Waals surface area contributed by atoms with Crippen LogP contribution in [-0.2, 0) is 9.59 Å². The molecule has 2 amide bonds. The third kappa shape index (κ3) is 5.13. The van der Waals surface area contributed by atoms with Gasteiger partial charge in [0.1, 0.15) is 0 Å². The Bertz CT molecular complexity index is 652. The Morgan fingerprint density at radius 2 is 1.92 bits per heavy atom. The number of benzene rings is 1. The molecule has 1 fully saturated rings. The van der Waals surface area contributed by atoms with Crippen molar-refractivity contribution >= 4 is 17.5 Å². The van der Waals surface area contributed by atoms with Gasteiger partial charge in [0, 0.05) is 31.3 Å². The molecule has 0 spiro atoms. The highest BCUT2D eigenvalue weighted by molar-refractivity contribution is 6.00. The van der Waals surface area contributed by atoms with Crippen molar-refractivity contribution < 1.29 is 19.1 Å². The molecular formula is C20H30N2O4. The molecule has 2 rings (SSSR count). The maximum atomic E-state index is 12.4. The van der Waals surface area contributed by atoms with Crippen LogP contribution in [0.2, 0.25) is 0 Å². The number of rotatable bonds is 7. The van der Waals surface area contributed by atoms with Gasteiger partial charge in [-0.25, -0.2) is 0 Å². The van der Waals surface area contributed by atoms with Crippen LogP contribution < -0.4 is 19.7 Å². The highest BCUT2D eigenvalue weighted by atomic mass is 16.5. The van der Waals surface area contributed by atoms with Gasteiger partial charge in [0.15, 0.2) is 11.5 Å². The van der Waals surface area contributed by atoms with E-state index >= 15 is 0 Å². The van der Waals surface area contributed by atoms with Gasteiger partial charge in [0.2, 0.25) is 11.8 Å².